The third-order valence-electron chi connectivity index (χ3n) is 4.99. The lowest BCUT2D eigenvalue weighted by Crippen LogP contribution is -2.22. The Balaban J connectivity index is 1.42. The normalized spacial score (nSPS) is 10.5. The molecule has 2 amide bonds. The molecule has 4 rings (SSSR count). The molecule has 0 fully saturated rings. The molecule has 3 N–H and O–H groups in total. The van der Waals surface area contributed by atoms with E-state index in [4.69, 9.17) is 11.6 Å². The van der Waals surface area contributed by atoms with Crippen molar-refractivity contribution in [2.75, 3.05) is 5.32 Å². The minimum absolute atomic E-state index is 0.0196. The van der Waals surface area contributed by atoms with Gasteiger partial charge in [0.15, 0.2) is 0 Å². The van der Waals surface area contributed by atoms with Gasteiger partial charge in [-0.25, -0.2) is 0 Å². The summed E-state index contributed by atoms with van der Waals surface area (Å²) in [4.78, 5) is 29.7. The number of anilines is 1. The summed E-state index contributed by atoms with van der Waals surface area (Å²) in [5, 5.41) is 15.9. The summed E-state index contributed by atoms with van der Waals surface area (Å²) in [6, 6.07) is 24.2. The Bertz CT molecular complexity index is 1290. The van der Waals surface area contributed by atoms with E-state index in [-0.39, 0.29) is 24.1 Å². The fraction of sp³-hybridized carbons (Fsp3) is 0.0385. The molecule has 33 heavy (non-hydrogen) atoms. The summed E-state index contributed by atoms with van der Waals surface area (Å²) in [6.45, 7) is 0.156. The van der Waals surface area contributed by atoms with Crippen LogP contribution in [0.3, 0.4) is 0 Å². The van der Waals surface area contributed by atoms with E-state index < -0.39 is 0 Å². The lowest BCUT2D eigenvalue weighted by molar-refractivity contribution is 0.0950. The summed E-state index contributed by atoms with van der Waals surface area (Å²) in [5.74, 6) is -0.579. The summed E-state index contributed by atoms with van der Waals surface area (Å²) >= 11 is 5.82. The Hall–Kier alpha value is -4.16. The lowest BCUT2D eigenvalue weighted by atomic mass is 10.1. The molecule has 1 aromatic heterocycles. The molecule has 0 aliphatic heterocycles. The van der Waals surface area contributed by atoms with Crippen LogP contribution in [0.4, 0.5) is 5.69 Å². The third kappa shape index (κ3) is 5.37. The number of benzene rings is 3. The van der Waals surface area contributed by atoms with Crippen molar-refractivity contribution in [2.45, 2.75) is 6.54 Å². The monoisotopic (exact) mass is 457 g/mol. The van der Waals surface area contributed by atoms with Gasteiger partial charge in [0, 0.05) is 40.1 Å². The first kappa shape index (κ1) is 22.0. The minimum Gasteiger partial charge on any atom is -0.508 e. The number of nitrogens with zero attached hydrogens (tertiary/aromatic N) is 1. The second kappa shape index (κ2) is 9.97. The SMILES string of the molecule is O=C(NCc1ccc(Cl)cc1O)c1ccc(NC(=O)c2cccnc2-c2ccccc2)cc1. The smallest absolute Gasteiger partial charge is 0.257 e. The summed E-state index contributed by atoms with van der Waals surface area (Å²) in [6.07, 6.45) is 1.65. The van der Waals surface area contributed by atoms with Crippen LogP contribution < -0.4 is 10.6 Å². The molecule has 0 saturated carbocycles. The fourth-order valence-corrected chi connectivity index (χ4v) is 3.45. The van der Waals surface area contributed by atoms with Gasteiger partial charge in [-0.1, -0.05) is 48.0 Å². The predicted molar refractivity (Wildman–Crippen MR) is 128 cm³/mol. The molecular weight excluding hydrogens is 438 g/mol. The van der Waals surface area contributed by atoms with Gasteiger partial charge in [-0.15, -0.1) is 0 Å². The average Bonchev–Trinajstić information content (AvgIpc) is 2.84. The number of rotatable bonds is 6. The van der Waals surface area contributed by atoms with Gasteiger partial charge in [0.05, 0.1) is 11.3 Å². The van der Waals surface area contributed by atoms with Gasteiger partial charge < -0.3 is 15.7 Å². The molecule has 0 aliphatic rings. The topological polar surface area (TPSA) is 91.3 Å². The average molecular weight is 458 g/mol. The van der Waals surface area contributed by atoms with Gasteiger partial charge in [-0.3, -0.25) is 14.6 Å². The number of aromatic hydroxyl groups is 1. The van der Waals surface area contributed by atoms with Gasteiger partial charge in [-0.05, 0) is 48.5 Å². The maximum absolute atomic E-state index is 12.9. The summed E-state index contributed by atoms with van der Waals surface area (Å²) in [5.41, 5.74) is 3.43. The number of nitrogens with one attached hydrogen (secondary N) is 2. The molecule has 0 saturated heterocycles. The lowest BCUT2D eigenvalue weighted by Gasteiger charge is -2.11. The van der Waals surface area contributed by atoms with Crippen LogP contribution >= 0.6 is 11.6 Å². The first-order valence-corrected chi connectivity index (χ1v) is 10.6. The number of pyridine rings is 1. The maximum Gasteiger partial charge on any atom is 0.257 e. The van der Waals surface area contributed by atoms with Gasteiger partial charge in [0.1, 0.15) is 5.75 Å². The highest BCUT2D eigenvalue weighted by molar-refractivity contribution is 6.30. The van der Waals surface area contributed by atoms with Crippen LogP contribution in [0.2, 0.25) is 5.02 Å². The van der Waals surface area contributed by atoms with E-state index in [1.54, 1.807) is 54.7 Å². The van der Waals surface area contributed by atoms with E-state index in [2.05, 4.69) is 15.6 Å². The molecule has 0 spiro atoms. The van der Waals surface area contributed by atoms with Gasteiger partial charge in [0.25, 0.3) is 11.8 Å². The summed E-state index contributed by atoms with van der Waals surface area (Å²) in [7, 11) is 0. The van der Waals surface area contributed by atoms with E-state index in [0.29, 0.717) is 33.1 Å². The molecule has 7 heteroatoms. The van der Waals surface area contributed by atoms with Crippen molar-refractivity contribution in [1.82, 2.24) is 10.3 Å². The van der Waals surface area contributed by atoms with E-state index in [1.165, 1.54) is 6.07 Å². The quantitative estimate of drug-likeness (QED) is 0.367. The van der Waals surface area contributed by atoms with Crippen molar-refractivity contribution in [3.63, 3.8) is 0 Å². The second-order valence-electron chi connectivity index (χ2n) is 7.25. The maximum atomic E-state index is 12.9. The highest BCUT2D eigenvalue weighted by Crippen LogP contribution is 2.23. The van der Waals surface area contributed by atoms with Crippen LogP contribution in [0.1, 0.15) is 26.3 Å². The van der Waals surface area contributed by atoms with Crippen LogP contribution in [0.25, 0.3) is 11.3 Å². The zero-order chi connectivity index (χ0) is 23.2. The van der Waals surface area contributed by atoms with Crippen molar-refractivity contribution in [1.29, 1.82) is 0 Å². The van der Waals surface area contributed by atoms with Crippen molar-refractivity contribution < 1.29 is 14.7 Å². The first-order chi connectivity index (χ1) is 16.0. The highest BCUT2D eigenvalue weighted by Gasteiger charge is 2.14. The third-order valence-corrected chi connectivity index (χ3v) is 5.23. The molecule has 0 bridgehead atoms. The van der Waals surface area contributed by atoms with Crippen LogP contribution in [0.15, 0.2) is 91.1 Å². The van der Waals surface area contributed by atoms with Crippen molar-refractivity contribution in [3.8, 4) is 17.0 Å². The number of phenolic OH excluding ortho intramolecular Hbond substituents is 1. The molecule has 4 aromatic rings. The van der Waals surface area contributed by atoms with Crippen molar-refractivity contribution >= 4 is 29.1 Å². The van der Waals surface area contributed by atoms with Crippen molar-refractivity contribution in [2.24, 2.45) is 0 Å². The molecule has 3 aromatic carbocycles. The second-order valence-corrected chi connectivity index (χ2v) is 7.69. The Labute approximate surface area is 195 Å². The van der Waals surface area contributed by atoms with Crippen LogP contribution in [0, 0.1) is 0 Å². The largest absolute Gasteiger partial charge is 0.508 e. The first-order valence-electron chi connectivity index (χ1n) is 10.2. The standard InChI is InChI=1S/C26H20ClN3O3/c27-20-11-8-19(23(31)15-20)16-29-25(32)18-9-12-21(13-10-18)30-26(33)22-7-4-14-28-24(22)17-5-2-1-3-6-17/h1-15,31H,16H2,(H,29,32)(H,30,33). The highest BCUT2D eigenvalue weighted by atomic mass is 35.5. The zero-order valence-electron chi connectivity index (χ0n) is 17.5. The van der Waals surface area contributed by atoms with E-state index >= 15 is 0 Å². The number of carbonyl (C=O) groups excluding carboxylic acids is 2. The minimum atomic E-state index is -0.305. The van der Waals surface area contributed by atoms with E-state index in [9.17, 15) is 14.7 Å². The number of carbonyl (C=O) groups is 2. The number of aromatic nitrogens is 1. The number of phenols is 1. The van der Waals surface area contributed by atoms with E-state index in [1.807, 2.05) is 30.3 Å². The van der Waals surface area contributed by atoms with Crippen molar-refractivity contribution in [3.05, 3.63) is 113 Å². The Morgan fingerprint density at radius 2 is 1.64 bits per heavy atom. The number of hydrogen-bond donors (Lipinski definition) is 3. The number of hydrogen-bond acceptors (Lipinski definition) is 4. The van der Waals surface area contributed by atoms with Crippen LogP contribution in [-0.4, -0.2) is 21.9 Å². The molecule has 0 unspecified atom stereocenters. The fourth-order valence-electron chi connectivity index (χ4n) is 3.28. The Kier molecular flexibility index (Phi) is 6.66. The Morgan fingerprint density at radius 3 is 2.36 bits per heavy atom. The molecule has 1 heterocycles. The summed E-state index contributed by atoms with van der Waals surface area (Å²) < 4.78 is 0. The molecule has 0 aliphatic carbocycles. The number of amides is 2. The van der Waals surface area contributed by atoms with Gasteiger partial charge in [-0.2, -0.15) is 0 Å². The molecule has 164 valence electrons. The van der Waals surface area contributed by atoms with Crippen LogP contribution in [0.5, 0.6) is 5.75 Å². The van der Waals surface area contributed by atoms with Gasteiger partial charge in [0.2, 0.25) is 0 Å². The molecule has 0 radical (unpaired) electrons. The predicted octanol–water partition coefficient (Wildman–Crippen LogP) is 5.29. The molecule has 0 atom stereocenters. The Morgan fingerprint density at radius 1 is 0.879 bits per heavy atom. The van der Waals surface area contributed by atoms with Gasteiger partial charge >= 0.3 is 0 Å². The number of halogens is 1. The molecule has 6 nitrogen and oxygen atoms in total. The van der Waals surface area contributed by atoms with E-state index in [0.717, 1.165) is 5.56 Å². The molecular formula is C26H20ClN3O3. The zero-order valence-corrected chi connectivity index (χ0v) is 18.2. The van der Waals surface area contributed by atoms with Crippen LogP contribution in [-0.2, 0) is 6.54 Å².